The van der Waals surface area contributed by atoms with Crippen molar-refractivity contribution in [2.45, 2.75) is 44.6 Å². The summed E-state index contributed by atoms with van der Waals surface area (Å²) >= 11 is 1.76. The average molecular weight is 416 g/mol. The Labute approximate surface area is 178 Å². The Kier molecular flexibility index (Phi) is 4.28. The van der Waals surface area contributed by atoms with Crippen LogP contribution in [0, 0.1) is 0 Å². The Hall–Kier alpha value is -2.83. The summed E-state index contributed by atoms with van der Waals surface area (Å²) < 4.78 is 6.51. The van der Waals surface area contributed by atoms with E-state index in [4.69, 9.17) is 14.7 Å². The lowest BCUT2D eigenvalue weighted by molar-refractivity contribution is 0.156. The molecule has 0 fully saturated rings. The van der Waals surface area contributed by atoms with Crippen LogP contribution in [0.5, 0.6) is 11.6 Å². The standard InChI is InChI=1S/C24H21N3O2S/c28-18-9-1-7-16-15(18)6-2-10-19(16)29-23-21-17-8-3-11-20(17)30-24(21)27-22(26-23)14-5-4-12-25-13-14/h2,4-6,10,12-13,18,28H,1,3,7-9,11H2/t18-/m1/s1. The first-order valence-electron chi connectivity index (χ1n) is 10.5. The molecule has 3 heterocycles. The maximum Gasteiger partial charge on any atom is 0.231 e. The Bertz CT molecular complexity index is 1250. The van der Waals surface area contributed by atoms with Crippen molar-refractivity contribution in [1.82, 2.24) is 15.0 Å². The van der Waals surface area contributed by atoms with Crippen LogP contribution in [0.4, 0.5) is 0 Å². The van der Waals surface area contributed by atoms with E-state index >= 15 is 0 Å². The van der Waals surface area contributed by atoms with E-state index in [1.165, 1.54) is 16.9 Å². The number of aliphatic hydroxyl groups is 1. The van der Waals surface area contributed by atoms with Crippen LogP contribution in [0.1, 0.15) is 46.9 Å². The van der Waals surface area contributed by atoms with Crippen molar-refractivity contribution in [3.05, 3.63) is 64.3 Å². The summed E-state index contributed by atoms with van der Waals surface area (Å²) in [7, 11) is 0. The molecule has 0 aliphatic heterocycles. The van der Waals surface area contributed by atoms with Crippen molar-refractivity contribution in [2.75, 3.05) is 0 Å². The van der Waals surface area contributed by atoms with E-state index < -0.39 is 6.10 Å². The Morgan fingerprint density at radius 1 is 1.00 bits per heavy atom. The number of hydrogen-bond acceptors (Lipinski definition) is 6. The van der Waals surface area contributed by atoms with Gasteiger partial charge in [0.05, 0.1) is 11.5 Å². The van der Waals surface area contributed by atoms with Gasteiger partial charge < -0.3 is 9.84 Å². The van der Waals surface area contributed by atoms with Crippen LogP contribution in [0.25, 0.3) is 21.6 Å². The largest absolute Gasteiger partial charge is 0.438 e. The van der Waals surface area contributed by atoms with Gasteiger partial charge in [-0.2, -0.15) is 4.98 Å². The highest BCUT2D eigenvalue weighted by Gasteiger charge is 2.26. The molecule has 2 aliphatic rings. The molecule has 0 unspecified atom stereocenters. The number of fused-ring (bicyclic) bond motifs is 4. The predicted molar refractivity (Wildman–Crippen MR) is 117 cm³/mol. The minimum absolute atomic E-state index is 0.418. The molecule has 5 nitrogen and oxygen atoms in total. The first-order chi connectivity index (χ1) is 14.8. The maximum absolute atomic E-state index is 10.4. The summed E-state index contributed by atoms with van der Waals surface area (Å²) in [6.07, 6.45) is 9.12. The van der Waals surface area contributed by atoms with Crippen molar-refractivity contribution >= 4 is 21.6 Å². The first-order valence-corrected chi connectivity index (χ1v) is 11.3. The topological polar surface area (TPSA) is 68.1 Å². The molecule has 0 saturated heterocycles. The lowest BCUT2D eigenvalue weighted by Gasteiger charge is -2.23. The van der Waals surface area contributed by atoms with Gasteiger partial charge in [0.2, 0.25) is 5.88 Å². The number of pyridine rings is 1. The number of aromatic nitrogens is 3. The minimum atomic E-state index is -0.418. The molecule has 150 valence electrons. The predicted octanol–water partition coefficient (Wildman–Crippen LogP) is 5.40. The smallest absolute Gasteiger partial charge is 0.231 e. The van der Waals surface area contributed by atoms with Crippen LogP contribution in [0.3, 0.4) is 0 Å². The number of hydrogen-bond donors (Lipinski definition) is 1. The number of rotatable bonds is 3. The zero-order valence-corrected chi connectivity index (χ0v) is 17.3. The van der Waals surface area contributed by atoms with E-state index in [1.807, 2.05) is 30.3 Å². The van der Waals surface area contributed by atoms with Crippen LogP contribution in [0.2, 0.25) is 0 Å². The molecule has 1 atom stereocenters. The number of aliphatic hydroxyl groups excluding tert-OH is 1. The maximum atomic E-state index is 10.4. The molecule has 4 aromatic rings. The molecule has 0 radical (unpaired) electrons. The quantitative estimate of drug-likeness (QED) is 0.485. The summed E-state index contributed by atoms with van der Waals surface area (Å²) in [6, 6.07) is 9.82. The molecule has 2 aliphatic carbocycles. The summed E-state index contributed by atoms with van der Waals surface area (Å²) in [5, 5.41) is 11.5. The molecule has 0 saturated carbocycles. The number of thiophene rings is 1. The van der Waals surface area contributed by atoms with Crippen LogP contribution >= 0.6 is 11.3 Å². The van der Waals surface area contributed by atoms with Gasteiger partial charge in [-0.05, 0) is 67.9 Å². The summed E-state index contributed by atoms with van der Waals surface area (Å²) in [5.74, 6) is 2.04. The Morgan fingerprint density at radius 2 is 1.93 bits per heavy atom. The van der Waals surface area contributed by atoms with E-state index in [1.54, 1.807) is 23.7 Å². The molecule has 1 aromatic carbocycles. The van der Waals surface area contributed by atoms with E-state index in [0.717, 1.165) is 64.8 Å². The van der Waals surface area contributed by atoms with Gasteiger partial charge in [-0.25, -0.2) is 4.98 Å². The molecule has 3 aromatic heterocycles. The highest BCUT2D eigenvalue weighted by molar-refractivity contribution is 7.19. The molecular weight excluding hydrogens is 394 g/mol. The average Bonchev–Trinajstić information content (AvgIpc) is 3.36. The van der Waals surface area contributed by atoms with Gasteiger partial charge in [-0.3, -0.25) is 4.98 Å². The fraction of sp³-hybridized carbons (Fsp3) is 0.292. The van der Waals surface area contributed by atoms with Crippen molar-refractivity contribution in [2.24, 2.45) is 0 Å². The summed E-state index contributed by atoms with van der Waals surface area (Å²) in [5.41, 5.74) is 4.29. The van der Waals surface area contributed by atoms with E-state index in [9.17, 15) is 5.11 Å². The van der Waals surface area contributed by atoms with Gasteiger partial charge in [0, 0.05) is 28.4 Å². The number of nitrogens with zero attached hydrogens (tertiary/aromatic N) is 3. The van der Waals surface area contributed by atoms with Gasteiger partial charge in [-0.15, -0.1) is 11.3 Å². The fourth-order valence-corrected chi connectivity index (χ4v) is 5.90. The molecule has 6 heteroatoms. The van der Waals surface area contributed by atoms with Gasteiger partial charge in [0.25, 0.3) is 0 Å². The van der Waals surface area contributed by atoms with Crippen LogP contribution in [-0.4, -0.2) is 20.1 Å². The molecular formula is C24H21N3O2S. The zero-order valence-electron chi connectivity index (χ0n) is 16.5. The van der Waals surface area contributed by atoms with Gasteiger partial charge >= 0.3 is 0 Å². The van der Waals surface area contributed by atoms with Crippen LogP contribution in [-0.2, 0) is 19.3 Å². The summed E-state index contributed by atoms with van der Waals surface area (Å²) in [6.45, 7) is 0. The SMILES string of the molecule is O[C@@H]1CCCc2c(Oc3nc(-c4cccnc4)nc4sc5c(c34)CCC5)cccc21. The van der Waals surface area contributed by atoms with E-state index in [-0.39, 0.29) is 0 Å². The van der Waals surface area contributed by atoms with Crippen molar-refractivity contribution in [1.29, 1.82) is 0 Å². The second-order valence-electron chi connectivity index (χ2n) is 7.97. The van der Waals surface area contributed by atoms with Crippen molar-refractivity contribution < 1.29 is 9.84 Å². The van der Waals surface area contributed by atoms with Crippen LogP contribution in [0.15, 0.2) is 42.7 Å². The second-order valence-corrected chi connectivity index (χ2v) is 9.05. The van der Waals surface area contributed by atoms with Gasteiger partial charge in [0.15, 0.2) is 5.82 Å². The van der Waals surface area contributed by atoms with Crippen molar-refractivity contribution in [3.63, 3.8) is 0 Å². The number of ether oxygens (including phenoxy) is 1. The van der Waals surface area contributed by atoms with Gasteiger partial charge in [-0.1, -0.05) is 12.1 Å². The molecule has 1 N–H and O–H groups in total. The van der Waals surface area contributed by atoms with E-state index in [0.29, 0.717) is 11.7 Å². The first kappa shape index (κ1) is 18.0. The number of aryl methyl sites for hydroxylation is 2. The van der Waals surface area contributed by atoms with E-state index in [2.05, 4.69) is 4.98 Å². The lowest BCUT2D eigenvalue weighted by Crippen LogP contribution is -2.10. The second kappa shape index (κ2) is 7.15. The van der Waals surface area contributed by atoms with Gasteiger partial charge in [0.1, 0.15) is 10.6 Å². The monoisotopic (exact) mass is 415 g/mol. The molecule has 0 spiro atoms. The normalized spacial score (nSPS) is 17.7. The van der Waals surface area contributed by atoms with Crippen LogP contribution < -0.4 is 4.74 Å². The minimum Gasteiger partial charge on any atom is -0.438 e. The Balaban J connectivity index is 1.53. The third kappa shape index (κ3) is 2.90. The zero-order chi connectivity index (χ0) is 20.1. The highest BCUT2D eigenvalue weighted by Crippen LogP contribution is 2.44. The lowest BCUT2D eigenvalue weighted by atomic mass is 9.89. The molecule has 30 heavy (non-hydrogen) atoms. The fourth-order valence-electron chi connectivity index (χ4n) is 4.65. The molecule has 0 amide bonds. The third-order valence-electron chi connectivity index (χ3n) is 6.09. The molecule has 0 bridgehead atoms. The molecule has 6 rings (SSSR count). The highest BCUT2D eigenvalue weighted by atomic mass is 32.1. The Morgan fingerprint density at radius 3 is 2.83 bits per heavy atom. The summed E-state index contributed by atoms with van der Waals surface area (Å²) in [4.78, 5) is 16.3. The van der Waals surface area contributed by atoms with Crippen molar-refractivity contribution in [3.8, 4) is 23.0 Å². The third-order valence-corrected chi connectivity index (χ3v) is 7.28. The number of benzene rings is 1.